The number of halogens is 3. The van der Waals surface area contributed by atoms with Gasteiger partial charge in [-0.05, 0) is 71.3 Å². The molecule has 0 atom stereocenters. The van der Waals surface area contributed by atoms with Gasteiger partial charge in [0.15, 0.2) is 0 Å². The molecule has 1 amide bonds. The summed E-state index contributed by atoms with van der Waals surface area (Å²) in [5.74, 6) is -2.59. The first-order chi connectivity index (χ1) is 22.6. The van der Waals surface area contributed by atoms with Crippen molar-refractivity contribution < 1.29 is 27.9 Å². The Morgan fingerprint density at radius 1 is 0.787 bits per heavy atom. The second-order valence-electron chi connectivity index (χ2n) is 11.8. The predicted octanol–water partition coefficient (Wildman–Crippen LogP) is 7.33. The molecule has 0 saturated carbocycles. The molecule has 1 aliphatic heterocycles. The molecule has 9 heteroatoms. The minimum Gasteiger partial charge on any atom is -0.475 e. The normalized spacial score (nSPS) is 13.8. The minimum absolute atomic E-state index is 0.162. The maximum atomic E-state index is 12.7. The molecular formula is C38H42F3N3O3. The summed E-state index contributed by atoms with van der Waals surface area (Å²) < 4.78 is 31.7. The van der Waals surface area contributed by atoms with Gasteiger partial charge in [-0.25, -0.2) is 4.79 Å². The van der Waals surface area contributed by atoms with Crippen LogP contribution in [0.15, 0.2) is 109 Å². The number of benzene rings is 4. The van der Waals surface area contributed by atoms with E-state index in [0.29, 0.717) is 12.6 Å². The topological polar surface area (TPSA) is 72.9 Å². The molecule has 0 spiro atoms. The summed E-state index contributed by atoms with van der Waals surface area (Å²) in [5, 5.41) is 10.7. The maximum Gasteiger partial charge on any atom is 0.490 e. The number of nitrogens with zero attached hydrogens (tertiary/aromatic N) is 2. The van der Waals surface area contributed by atoms with Gasteiger partial charge in [-0.2, -0.15) is 13.2 Å². The molecule has 0 aromatic heterocycles. The monoisotopic (exact) mass is 645 g/mol. The van der Waals surface area contributed by atoms with Crippen LogP contribution >= 0.6 is 0 Å². The van der Waals surface area contributed by atoms with Gasteiger partial charge in [0.1, 0.15) is 0 Å². The Balaban J connectivity index is 0.000000644. The Morgan fingerprint density at radius 3 is 1.85 bits per heavy atom. The number of carbonyl (C=O) groups is 2. The lowest BCUT2D eigenvalue weighted by Crippen LogP contribution is -2.46. The Kier molecular flexibility index (Phi) is 13.1. The highest BCUT2D eigenvalue weighted by Gasteiger charge is 2.38. The van der Waals surface area contributed by atoms with Gasteiger partial charge >= 0.3 is 12.1 Å². The molecule has 6 nitrogen and oxygen atoms in total. The zero-order valence-corrected chi connectivity index (χ0v) is 26.6. The van der Waals surface area contributed by atoms with Crippen molar-refractivity contribution in [3.05, 3.63) is 131 Å². The number of nitrogens with one attached hydrogen (secondary N) is 1. The molecular weight excluding hydrogens is 603 g/mol. The first kappa shape index (κ1) is 35.4. The molecule has 2 N–H and O–H groups in total. The number of hydrogen-bond acceptors (Lipinski definition) is 4. The third-order valence-electron chi connectivity index (χ3n) is 8.20. The van der Waals surface area contributed by atoms with Crippen LogP contribution in [0.1, 0.15) is 42.0 Å². The summed E-state index contributed by atoms with van der Waals surface area (Å²) in [6, 6.07) is 39.0. The third kappa shape index (κ3) is 11.7. The molecule has 248 valence electrons. The molecule has 0 radical (unpaired) electrons. The second-order valence-corrected chi connectivity index (χ2v) is 11.8. The molecule has 47 heavy (non-hydrogen) atoms. The van der Waals surface area contributed by atoms with Gasteiger partial charge in [-0.15, -0.1) is 0 Å². The van der Waals surface area contributed by atoms with E-state index in [9.17, 15) is 18.0 Å². The van der Waals surface area contributed by atoms with Crippen LogP contribution in [0, 0.1) is 0 Å². The SMILES string of the molecule is CC(=O)N(Cc1cccc(-c2cccc(CNCCc3ccccc3)c2)c1)C1CCN(Cc2ccccc2)CC1.O=C(O)C(F)(F)F. The van der Waals surface area contributed by atoms with Crippen molar-refractivity contribution in [1.29, 1.82) is 0 Å². The fraction of sp³-hybridized carbons (Fsp3) is 0.316. The number of hydrogen-bond donors (Lipinski definition) is 2. The number of carboxylic acids is 1. The smallest absolute Gasteiger partial charge is 0.475 e. The van der Waals surface area contributed by atoms with Crippen LogP contribution in [-0.4, -0.2) is 58.6 Å². The van der Waals surface area contributed by atoms with Gasteiger partial charge in [-0.1, -0.05) is 97.1 Å². The van der Waals surface area contributed by atoms with E-state index in [-0.39, 0.29) is 5.91 Å². The van der Waals surface area contributed by atoms with Crippen LogP contribution in [0.25, 0.3) is 11.1 Å². The van der Waals surface area contributed by atoms with Crippen LogP contribution in [0.4, 0.5) is 13.2 Å². The quantitative estimate of drug-likeness (QED) is 0.167. The van der Waals surface area contributed by atoms with Gasteiger partial charge in [0.05, 0.1) is 0 Å². The summed E-state index contributed by atoms with van der Waals surface area (Å²) >= 11 is 0. The summed E-state index contributed by atoms with van der Waals surface area (Å²) in [5.41, 5.74) is 7.60. The van der Waals surface area contributed by atoms with Crippen molar-refractivity contribution in [3.63, 3.8) is 0 Å². The second kappa shape index (κ2) is 17.4. The van der Waals surface area contributed by atoms with Gasteiger partial charge in [-0.3, -0.25) is 9.69 Å². The Bertz CT molecular complexity index is 1560. The number of aliphatic carboxylic acids is 1. The molecule has 0 bridgehead atoms. The Labute approximate surface area is 274 Å². The number of carbonyl (C=O) groups excluding carboxylic acids is 1. The fourth-order valence-electron chi connectivity index (χ4n) is 5.75. The van der Waals surface area contributed by atoms with E-state index in [1.54, 1.807) is 6.92 Å². The maximum absolute atomic E-state index is 12.7. The van der Waals surface area contributed by atoms with Crippen LogP contribution in [0.2, 0.25) is 0 Å². The van der Waals surface area contributed by atoms with E-state index < -0.39 is 12.1 Å². The predicted molar refractivity (Wildman–Crippen MR) is 178 cm³/mol. The van der Waals surface area contributed by atoms with E-state index in [0.717, 1.165) is 52.0 Å². The van der Waals surface area contributed by atoms with Crippen molar-refractivity contribution in [2.75, 3.05) is 19.6 Å². The van der Waals surface area contributed by atoms with E-state index in [2.05, 4.69) is 124 Å². The standard InChI is InChI=1S/C36H41N3O.C2HF3O2/c1-29(40)39(36-19-22-38(23-20-36)27-31-12-6-3-7-13-31)28-33-15-9-17-35(25-33)34-16-8-14-32(24-34)26-37-21-18-30-10-4-2-5-11-30;3-2(4,5)1(6)7/h2-17,24-25,36-37H,18-23,26-28H2,1H3;(H,6,7). The molecule has 5 rings (SSSR count). The molecule has 1 fully saturated rings. The number of alkyl halides is 3. The average Bonchev–Trinajstić information content (AvgIpc) is 3.07. The van der Waals surface area contributed by atoms with Crippen LogP contribution in [0.3, 0.4) is 0 Å². The lowest BCUT2D eigenvalue weighted by Gasteiger charge is -2.38. The van der Waals surface area contributed by atoms with Gasteiger partial charge in [0.25, 0.3) is 0 Å². The molecule has 4 aromatic rings. The van der Waals surface area contributed by atoms with Crippen molar-refractivity contribution in [3.8, 4) is 11.1 Å². The van der Waals surface area contributed by atoms with Crippen molar-refractivity contribution in [1.82, 2.24) is 15.1 Å². The van der Waals surface area contributed by atoms with Crippen LogP contribution < -0.4 is 5.32 Å². The molecule has 1 saturated heterocycles. The number of likely N-dealkylation sites (tertiary alicyclic amines) is 1. The zero-order valence-electron chi connectivity index (χ0n) is 26.6. The average molecular weight is 646 g/mol. The minimum atomic E-state index is -5.08. The molecule has 1 heterocycles. The number of amides is 1. The van der Waals surface area contributed by atoms with E-state index in [1.807, 2.05) is 0 Å². The van der Waals surface area contributed by atoms with E-state index >= 15 is 0 Å². The summed E-state index contributed by atoms with van der Waals surface area (Å²) in [7, 11) is 0. The number of rotatable bonds is 11. The molecule has 0 aliphatic carbocycles. The highest BCUT2D eigenvalue weighted by Crippen LogP contribution is 2.25. The summed E-state index contributed by atoms with van der Waals surface area (Å²) in [4.78, 5) is 26.2. The van der Waals surface area contributed by atoms with E-state index in [4.69, 9.17) is 9.90 Å². The summed E-state index contributed by atoms with van der Waals surface area (Å²) in [6.07, 6.45) is -2.02. The third-order valence-corrected chi connectivity index (χ3v) is 8.20. The fourth-order valence-corrected chi connectivity index (χ4v) is 5.75. The van der Waals surface area contributed by atoms with E-state index in [1.165, 1.54) is 33.4 Å². The van der Waals surface area contributed by atoms with Gasteiger partial charge in [0, 0.05) is 45.7 Å². The number of carboxylic acid groups (broad SMARTS) is 1. The molecule has 1 aliphatic rings. The van der Waals surface area contributed by atoms with Crippen LogP contribution in [0.5, 0.6) is 0 Å². The van der Waals surface area contributed by atoms with Crippen molar-refractivity contribution >= 4 is 11.9 Å². The zero-order chi connectivity index (χ0) is 33.6. The lowest BCUT2D eigenvalue weighted by molar-refractivity contribution is -0.192. The first-order valence-electron chi connectivity index (χ1n) is 15.8. The van der Waals surface area contributed by atoms with Crippen molar-refractivity contribution in [2.24, 2.45) is 0 Å². The highest BCUT2D eigenvalue weighted by molar-refractivity contribution is 5.74. The molecule has 0 unspecified atom stereocenters. The largest absolute Gasteiger partial charge is 0.490 e. The van der Waals surface area contributed by atoms with Gasteiger partial charge in [0.2, 0.25) is 5.91 Å². The number of piperidine rings is 1. The molecule has 4 aromatic carbocycles. The first-order valence-corrected chi connectivity index (χ1v) is 15.8. The van der Waals surface area contributed by atoms with Crippen LogP contribution in [-0.2, 0) is 35.6 Å². The summed E-state index contributed by atoms with van der Waals surface area (Å²) in [6.45, 7) is 7.21. The van der Waals surface area contributed by atoms with Gasteiger partial charge < -0.3 is 15.3 Å². The van der Waals surface area contributed by atoms with Crippen molar-refractivity contribution in [2.45, 2.75) is 58.0 Å². The lowest BCUT2D eigenvalue weighted by atomic mass is 9.99. The highest BCUT2D eigenvalue weighted by atomic mass is 19.4. The Hall–Kier alpha value is -4.47. The Morgan fingerprint density at radius 2 is 1.30 bits per heavy atom.